The Balaban J connectivity index is 3.34. The van der Waals surface area contributed by atoms with Gasteiger partial charge in [0, 0.05) is 6.54 Å². The summed E-state index contributed by atoms with van der Waals surface area (Å²) in [5.41, 5.74) is 1.30. The minimum atomic E-state index is -3.84. The summed E-state index contributed by atoms with van der Waals surface area (Å²) in [6, 6.07) is 3.04. The number of hydrogen-bond donors (Lipinski definition) is 1. The number of carboxylic acids is 1. The highest BCUT2D eigenvalue weighted by molar-refractivity contribution is 7.89. The highest BCUT2D eigenvalue weighted by atomic mass is 32.2. The van der Waals surface area contributed by atoms with Gasteiger partial charge < -0.3 is 9.84 Å². The summed E-state index contributed by atoms with van der Waals surface area (Å²) in [4.78, 5) is 11.0. The predicted molar refractivity (Wildman–Crippen MR) is 79.2 cm³/mol. The molecule has 0 amide bonds. The third kappa shape index (κ3) is 3.74. The largest absolute Gasteiger partial charge is 0.496 e. The van der Waals surface area contributed by atoms with Gasteiger partial charge in [-0.3, -0.25) is 4.79 Å². The van der Waals surface area contributed by atoms with Crippen molar-refractivity contribution in [2.75, 3.05) is 20.2 Å². The molecule has 1 N–H and O–H groups in total. The van der Waals surface area contributed by atoms with Crippen LogP contribution in [0.15, 0.2) is 17.0 Å². The van der Waals surface area contributed by atoms with Crippen molar-refractivity contribution in [2.24, 2.45) is 0 Å². The number of carboxylic acid groups (broad SMARTS) is 1. The van der Waals surface area contributed by atoms with Crippen LogP contribution < -0.4 is 4.74 Å². The normalized spacial score (nSPS) is 11.7. The molecule has 0 saturated heterocycles. The van der Waals surface area contributed by atoms with E-state index in [-0.39, 0.29) is 11.4 Å². The zero-order valence-electron chi connectivity index (χ0n) is 12.7. The Kier molecular flexibility index (Phi) is 5.74. The highest BCUT2D eigenvalue weighted by Crippen LogP contribution is 2.28. The zero-order valence-corrected chi connectivity index (χ0v) is 13.5. The van der Waals surface area contributed by atoms with E-state index in [2.05, 4.69) is 0 Å². The first-order valence-corrected chi connectivity index (χ1v) is 8.05. The predicted octanol–water partition coefficient (Wildman–Crippen LogP) is 1.80. The van der Waals surface area contributed by atoms with Crippen molar-refractivity contribution in [1.29, 1.82) is 0 Å². The van der Waals surface area contributed by atoms with Crippen LogP contribution in [0.5, 0.6) is 5.75 Å². The first kappa shape index (κ1) is 17.5. The maximum Gasteiger partial charge on any atom is 0.318 e. The van der Waals surface area contributed by atoms with Crippen LogP contribution in [0, 0.1) is 13.8 Å². The van der Waals surface area contributed by atoms with Gasteiger partial charge in [0.25, 0.3) is 0 Å². The molecular weight excluding hydrogens is 294 g/mol. The lowest BCUT2D eigenvalue weighted by Gasteiger charge is -2.22. The lowest BCUT2D eigenvalue weighted by atomic mass is 10.1. The Hall–Kier alpha value is -1.60. The Morgan fingerprint density at radius 3 is 2.38 bits per heavy atom. The molecule has 0 heterocycles. The maximum absolute atomic E-state index is 12.7. The highest BCUT2D eigenvalue weighted by Gasteiger charge is 2.28. The molecule has 0 aromatic heterocycles. The molecule has 0 spiro atoms. The monoisotopic (exact) mass is 315 g/mol. The summed E-state index contributed by atoms with van der Waals surface area (Å²) >= 11 is 0. The Bertz CT molecular complexity index is 624. The van der Waals surface area contributed by atoms with Crippen LogP contribution in [0.2, 0.25) is 0 Å². The van der Waals surface area contributed by atoms with E-state index in [9.17, 15) is 13.2 Å². The molecule has 1 aromatic rings. The number of aliphatic carboxylic acids is 1. The van der Waals surface area contributed by atoms with E-state index in [1.54, 1.807) is 26.8 Å². The number of carbonyl (C=O) groups is 1. The number of rotatable bonds is 7. The molecule has 6 nitrogen and oxygen atoms in total. The van der Waals surface area contributed by atoms with Gasteiger partial charge in [-0.15, -0.1) is 0 Å². The minimum absolute atomic E-state index is 0.121. The quantitative estimate of drug-likeness (QED) is 0.829. The standard InChI is InChI=1S/C14H21NO5S/c1-5-8-15(9-14(16)17)21(18,19)13-7-6-12(20-4)10(2)11(13)3/h6-7H,5,8-9H2,1-4H3,(H,16,17). The first-order chi connectivity index (χ1) is 9.75. The van der Waals surface area contributed by atoms with Crippen molar-refractivity contribution < 1.29 is 23.1 Å². The number of methoxy groups -OCH3 is 1. The van der Waals surface area contributed by atoms with E-state index in [1.165, 1.54) is 13.2 Å². The molecule has 0 radical (unpaired) electrons. The number of sulfonamides is 1. The van der Waals surface area contributed by atoms with Crippen molar-refractivity contribution >= 4 is 16.0 Å². The summed E-state index contributed by atoms with van der Waals surface area (Å²) in [6.07, 6.45) is 0.542. The van der Waals surface area contributed by atoms with Gasteiger partial charge in [-0.1, -0.05) is 6.92 Å². The number of benzene rings is 1. The summed E-state index contributed by atoms with van der Waals surface area (Å²) in [6.45, 7) is 4.89. The van der Waals surface area contributed by atoms with Crippen molar-refractivity contribution in [1.82, 2.24) is 4.31 Å². The van der Waals surface area contributed by atoms with Crippen LogP contribution in [-0.4, -0.2) is 44.0 Å². The molecule has 0 fully saturated rings. The lowest BCUT2D eigenvalue weighted by molar-refractivity contribution is -0.137. The third-order valence-electron chi connectivity index (χ3n) is 3.31. The summed E-state index contributed by atoms with van der Waals surface area (Å²) in [7, 11) is -2.32. The molecule has 21 heavy (non-hydrogen) atoms. The van der Waals surface area contributed by atoms with Crippen molar-refractivity contribution in [3.63, 3.8) is 0 Å². The fourth-order valence-electron chi connectivity index (χ4n) is 2.10. The first-order valence-electron chi connectivity index (χ1n) is 6.61. The second-order valence-electron chi connectivity index (χ2n) is 4.75. The van der Waals surface area contributed by atoms with Crippen LogP contribution in [0.1, 0.15) is 24.5 Å². The van der Waals surface area contributed by atoms with Gasteiger partial charge in [-0.2, -0.15) is 4.31 Å². The van der Waals surface area contributed by atoms with Gasteiger partial charge in [0.2, 0.25) is 10.0 Å². The molecule has 0 saturated carbocycles. The molecule has 1 rings (SSSR count). The average molecular weight is 315 g/mol. The van der Waals surface area contributed by atoms with Gasteiger partial charge in [0.05, 0.1) is 12.0 Å². The molecule has 1 aromatic carbocycles. The number of hydrogen-bond acceptors (Lipinski definition) is 4. The zero-order chi connectivity index (χ0) is 16.2. The van der Waals surface area contributed by atoms with Crippen LogP contribution in [0.25, 0.3) is 0 Å². The summed E-state index contributed by atoms with van der Waals surface area (Å²) < 4.78 is 31.5. The van der Waals surface area contributed by atoms with Gasteiger partial charge in [-0.25, -0.2) is 8.42 Å². The molecule has 0 aliphatic rings. The van der Waals surface area contributed by atoms with Crippen LogP contribution in [-0.2, 0) is 14.8 Å². The van der Waals surface area contributed by atoms with E-state index in [1.807, 2.05) is 0 Å². The topological polar surface area (TPSA) is 83.9 Å². The molecule has 0 bridgehead atoms. The molecule has 0 atom stereocenters. The second kappa shape index (κ2) is 6.91. The van der Waals surface area contributed by atoms with Gasteiger partial charge >= 0.3 is 5.97 Å². The average Bonchev–Trinajstić information content (AvgIpc) is 2.40. The van der Waals surface area contributed by atoms with Crippen molar-refractivity contribution in [3.8, 4) is 5.75 Å². The third-order valence-corrected chi connectivity index (χ3v) is 5.30. The van der Waals surface area contributed by atoms with E-state index in [0.717, 1.165) is 9.87 Å². The van der Waals surface area contributed by atoms with E-state index >= 15 is 0 Å². The molecule has 0 unspecified atom stereocenters. The molecule has 0 aliphatic heterocycles. The maximum atomic E-state index is 12.7. The van der Waals surface area contributed by atoms with Crippen molar-refractivity contribution in [3.05, 3.63) is 23.3 Å². The van der Waals surface area contributed by atoms with Gasteiger partial charge in [0.15, 0.2) is 0 Å². The molecular formula is C14H21NO5S. The fourth-order valence-corrected chi connectivity index (χ4v) is 3.86. The Morgan fingerprint density at radius 1 is 1.29 bits per heavy atom. The van der Waals surface area contributed by atoms with Crippen LogP contribution in [0.4, 0.5) is 0 Å². The Labute approximate surface area is 125 Å². The second-order valence-corrected chi connectivity index (χ2v) is 6.65. The van der Waals surface area contributed by atoms with Crippen molar-refractivity contribution in [2.45, 2.75) is 32.1 Å². The SMILES string of the molecule is CCCN(CC(=O)O)S(=O)(=O)c1ccc(OC)c(C)c1C. The smallest absolute Gasteiger partial charge is 0.318 e. The van der Waals surface area contributed by atoms with E-state index in [4.69, 9.17) is 9.84 Å². The number of nitrogens with zero attached hydrogens (tertiary/aromatic N) is 1. The molecule has 0 aliphatic carbocycles. The lowest BCUT2D eigenvalue weighted by Crippen LogP contribution is -2.36. The van der Waals surface area contributed by atoms with E-state index < -0.39 is 22.5 Å². The molecule has 7 heteroatoms. The molecule has 118 valence electrons. The van der Waals surface area contributed by atoms with E-state index in [0.29, 0.717) is 17.7 Å². The van der Waals surface area contributed by atoms with Crippen LogP contribution in [0.3, 0.4) is 0 Å². The Morgan fingerprint density at radius 2 is 1.90 bits per heavy atom. The fraction of sp³-hybridized carbons (Fsp3) is 0.500. The van der Waals surface area contributed by atoms with Crippen LogP contribution >= 0.6 is 0 Å². The number of ether oxygens (including phenoxy) is 1. The summed E-state index contributed by atoms with van der Waals surface area (Å²) in [5.74, 6) is -0.568. The summed E-state index contributed by atoms with van der Waals surface area (Å²) in [5, 5.41) is 8.90. The van der Waals surface area contributed by atoms with Gasteiger partial charge in [-0.05, 0) is 43.5 Å². The van der Waals surface area contributed by atoms with Gasteiger partial charge in [0.1, 0.15) is 12.3 Å². The minimum Gasteiger partial charge on any atom is -0.496 e.